The van der Waals surface area contributed by atoms with Crippen LogP contribution in [0.3, 0.4) is 0 Å². The molecule has 1 aliphatic rings. The highest BCUT2D eigenvalue weighted by molar-refractivity contribution is 5.23. The molecule has 1 aromatic carbocycles. The van der Waals surface area contributed by atoms with Crippen molar-refractivity contribution in [2.24, 2.45) is 5.92 Å². The molecule has 0 bridgehead atoms. The van der Waals surface area contributed by atoms with E-state index in [9.17, 15) is 0 Å². The molecule has 0 heterocycles. The lowest BCUT2D eigenvalue weighted by Crippen LogP contribution is -1.99. The molecule has 0 N–H and O–H groups in total. The summed E-state index contributed by atoms with van der Waals surface area (Å²) in [7, 11) is 0. The standard InChI is InChI=1S/C16H20/c1-14-8-4-2-7-11-16(12-14)13-15-9-5-3-6-10-15/h3-6,8-11,14H,2,7,12-13H2,1H3/b8-4-,16-11+/t14-/m1/s1. The fraction of sp³-hybridized carbons (Fsp3) is 0.375. The van der Waals surface area contributed by atoms with E-state index in [1.54, 1.807) is 5.57 Å². The molecule has 1 aliphatic carbocycles. The van der Waals surface area contributed by atoms with Crippen molar-refractivity contribution < 1.29 is 0 Å². The fourth-order valence-electron chi connectivity index (χ4n) is 2.28. The van der Waals surface area contributed by atoms with Gasteiger partial charge in [0.25, 0.3) is 0 Å². The van der Waals surface area contributed by atoms with Gasteiger partial charge < -0.3 is 0 Å². The summed E-state index contributed by atoms with van der Waals surface area (Å²) in [5, 5.41) is 0. The Bertz CT molecular complexity index is 370. The Morgan fingerprint density at radius 2 is 1.94 bits per heavy atom. The molecule has 0 amide bonds. The second-order valence-corrected chi connectivity index (χ2v) is 4.71. The summed E-state index contributed by atoms with van der Waals surface area (Å²) >= 11 is 0. The summed E-state index contributed by atoms with van der Waals surface area (Å²) < 4.78 is 0. The van der Waals surface area contributed by atoms with E-state index in [-0.39, 0.29) is 0 Å². The molecular weight excluding hydrogens is 192 g/mol. The van der Waals surface area contributed by atoms with E-state index in [2.05, 4.69) is 55.5 Å². The molecule has 1 aromatic rings. The summed E-state index contributed by atoms with van der Waals surface area (Å²) in [6.45, 7) is 2.31. The molecule has 0 saturated carbocycles. The molecule has 1 atom stereocenters. The van der Waals surface area contributed by atoms with E-state index < -0.39 is 0 Å². The van der Waals surface area contributed by atoms with Gasteiger partial charge in [-0.05, 0) is 37.2 Å². The van der Waals surface area contributed by atoms with Crippen LogP contribution in [0.25, 0.3) is 0 Å². The zero-order chi connectivity index (χ0) is 11.2. The second kappa shape index (κ2) is 5.69. The van der Waals surface area contributed by atoms with Gasteiger partial charge in [0.15, 0.2) is 0 Å². The monoisotopic (exact) mass is 212 g/mol. The zero-order valence-electron chi connectivity index (χ0n) is 10.0. The molecule has 0 unspecified atom stereocenters. The van der Waals surface area contributed by atoms with Gasteiger partial charge in [-0.3, -0.25) is 0 Å². The highest BCUT2D eigenvalue weighted by Gasteiger charge is 2.05. The van der Waals surface area contributed by atoms with Gasteiger partial charge in [0.1, 0.15) is 0 Å². The molecule has 0 spiro atoms. The van der Waals surface area contributed by atoms with Crippen LogP contribution < -0.4 is 0 Å². The van der Waals surface area contributed by atoms with E-state index >= 15 is 0 Å². The van der Waals surface area contributed by atoms with Crippen LogP contribution >= 0.6 is 0 Å². The molecule has 0 nitrogen and oxygen atoms in total. The molecule has 0 heteroatoms. The summed E-state index contributed by atoms with van der Waals surface area (Å²) in [6.07, 6.45) is 11.9. The Kier molecular flexibility index (Phi) is 3.98. The Morgan fingerprint density at radius 3 is 2.75 bits per heavy atom. The highest BCUT2D eigenvalue weighted by atomic mass is 14.1. The third-order valence-corrected chi connectivity index (χ3v) is 3.09. The maximum Gasteiger partial charge on any atom is -0.00669 e. The second-order valence-electron chi connectivity index (χ2n) is 4.71. The van der Waals surface area contributed by atoms with Gasteiger partial charge in [-0.2, -0.15) is 0 Å². The normalized spacial score (nSPS) is 26.3. The van der Waals surface area contributed by atoms with Crippen molar-refractivity contribution in [2.75, 3.05) is 0 Å². The predicted octanol–water partition coefficient (Wildman–Crippen LogP) is 4.53. The van der Waals surface area contributed by atoms with Crippen LogP contribution in [0, 0.1) is 5.92 Å². The number of benzene rings is 1. The van der Waals surface area contributed by atoms with Crippen molar-refractivity contribution in [3.8, 4) is 0 Å². The molecular formula is C16H20. The topological polar surface area (TPSA) is 0 Å². The molecule has 2 rings (SSSR count). The zero-order valence-corrected chi connectivity index (χ0v) is 10.0. The fourth-order valence-corrected chi connectivity index (χ4v) is 2.28. The summed E-state index contributed by atoms with van der Waals surface area (Å²) in [6, 6.07) is 10.8. The third-order valence-electron chi connectivity index (χ3n) is 3.09. The van der Waals surface area contributed by atoms with Crippen molar-refractivity contribution in [3.63, 3.8) is 0 Å². The van der Waals surface area contributed by atoms with Gasteiger partial charge in [-0.15, -0.1) is 0 Å². The Balaban J connectivity index is 2.03. The van der Waals surface area contributed by atoms with Gasteiger partial charge in [0, 0.05) is 0 Å². The number of allylic oxidation sites excluding steroid dienone is 4. The minimum Gasteiger partial charge on any atom is -0.0880 e. The maximum atomic E-state index is 2.44. The first-order valence-electron chi connectivity index (χ1n) is 6.23. The molecule has 0 radical (unpaired) electrons. The van der Waals surface area contributed by atoms with Gasteiger partial charge >= 0.3 is 0 Å². The number of hydrogen-bond donors (Lipinski definition) is 0. The molecule has 0 aliphatic heterocycles. The molecule has 0 aromatic heterocycles. The molecule has 16 heavy (non-hydrogen) atoms. The SMILES string of the molecule is C[C@@H]1/C=C\CC/C=C(/Cc2ccccc2)C1. The minimum absolute atomic E-state index is 0.690. The quantitative estimate of drug-likeness (QED) is 0.632. The first-order valence-corrected chi connectivity index (χ1v) is 6.23. The van der Waals surface area contributed by atoms with Crippen LogP contribution in [0.2, 0.25) is 0 Å². The first kappa shape index (κ1) is 11.2. The Labute approximate surface area is 98.7 Å². The lowest BCUT2D eigenvalue weighted by molar-refractivity contribution is 0.688. The van der Waals surface area contributed by atoms with Gasteiger partial charge in [-0.25, -0.2) is 0 Å². The van der Waals surface area contributed by atoms with E-state index in [1.165, 1.54) is 24.8 Å². The Hall–Kier alpha value is -1.30. The minimum atomic E-state index is 0.690. The number of rotatable bonds is 2. The van der Waals surface area contributed by atoms with E-state index in [4.69, 9.17) is 0 Å². The van der Waals surface area contributed by atoms with E-state index in [1.807, 2.05) is 0 Å². The van der Waals surface area contributed by atoms with E-state index in [0.29, 0.717) is 5.92 Å². The van der Waals surface area contributed by atoms with Crippen molar-refractivity contribution in [2.45, 2.75) is 32.6 Å². The molecule has 0 saturated heterocycles. The molecule has 84 valence electrons. The van der Waals surface area contributed by atoms with Crippen LogP contribution in [0.15, 0.2) is 54.1 Å². The maximum absolute atomic E-state index is 2.44. The lowest BCUT2D eigenvalue weighted by atomic mass is 9.92. The summed E-state index contributed by atoms with van der Waals surface area (Å²) in [5.74, 6) is 0.690. The first-order chi connectivity index (χ1) is 7.84. The van der Waals surface area contributed by atoms with Crippen molar-refractivity contribution >= 4 is 0 Å². The van der Waals surface area contributed by atoms with Crippen LogP contribution in [0.1, 0.15) is 31.7 Å². The lowest BCUT2D eigenvalue weighted by Gasteiger charge is -2.13. The third kappa shape index (κ3) is 3.37. The van der Waals surface area contributed by atoms with Crippen LogP contribution in [-0.2, 0) is 6.42 Å². The van der Waals surface area contributed by atoms with Crippen LogP contribution in [-0.4, -0.2) is 0 Å². The average molecular weight is 212 g/mol. The summed E-state index contributed by atoms with van der Waals surface area (Å²) in [4.78, 5) is 0. The average Bonchev–Trinajstić information content (AvgIpc) is 2.27. The van der Waals surface area contributed by atoms with Gasteiger partial charge in [-0.1, -0.05) is 61.1 Å². The van der Waals surface area contributed by atoms with Gasteiger partial charge in [0.2, 0.25) is 0 Å². The highest BCUT2D eigenvalue weighted by Crippen LogP contribution is 2.21. The number of hydrogen-bond acceptors (Lipinski definition) is 0. The summed E-state index contributed by atoms with van der Waals surface area (Å²) in [5.41, 5.74) is 3.04. The molecule has 0 fully saturated rings. The largest absolute Gasteiger partial charge is 0.0880 e. The van der Waals surface area contributed by atoms with E-state index in [0.717, 1.165) is 6.42 Å². The van der Waals surface area contributed by atoms with Crippen molar-refractivity contribution in [3.05, 3.63) is 59.7 Å². The van der Waals surface area contributed by atoms with Gasteiger partial charge in [0.05, 0.1) is 0 Å². The predicted molar refractivity (Wildman–Crippen MR) is 70.4 cm³/mol. The van der Waals surface area contributed by atoms with Crippen LogP contribution in [0.5, 0.6) is 0 Å². The smallest absolute Gasteiger partial charge is 0.00669 e. The van der Waals surface area contributed by atoms with Crippen LogP contribution in [0.4, 0.5) is 0 Å². The Morgan fingerprint density at radius 1 is 1.12 bits per heavy atom. The van der Waals surface area contributed by atoms with Crippen molar-refractivity contribution in [1.82, 2.24) is 0 Å². The van der Waals surface area contributed by atoms with Crippen molar-refractivity contribution in [1.29, 1.82) is 0 Å².